The van der Waals surface area contributed by atoms with Gasteiger partial charge in [-0.25, -0.2) is 8.42 Å². The van der Waals surface area contributed by atoms with Gasteiger partial charge in [-0.3, -0.25) is 4.79 Å². The average molecular weight is 392 g/mol. The molecule has 2 saturated heterocycles. The van der Waals surface area contributed by atoms with E-state index in [1.807, 2.05) is 17.0 Å². The van der Waals surface area contributed by atoms with Crippen LogP contribution in [0, 0.1) is 5.92 Å². The van der Waals surface area contributed by atoms with Gasteiger partial charge in [-0.2, -0.15) is 4.31 Å². The fourth-order valence-electron chi connectivity index (χ4n) is 4.58. The molecule has 7 heteroatoms. The summed E-state index contributed by atoms with van der Waals surface area (Å²) in [7, 11) is -3.47. The van der Waals surface area contributed by atoms with Crippen molar-refractivity contribution in [3.05, 3.63) is 29.3 Å². The Hall–Kier alpha value is -1.44. The first-order valence-electron chi connectivity index (χ1n) is 10.1. The number of fused-ring (bicyclic) bond motifs is 1. The number of nitrogens with two attached hydrogens (primary N) is 1. The summed E-state index contributed by atoms with van der Waals surface area (Å²) in [5, 5.41) is 0. The number of hydrogen-bond acceptors (Lipinski definition) is 4. The number of hydrogen-bond donors (Lipinski definition) is 1. The molecular formula is C20H29N3O3S. The molecule has 2 N–H and O–H groups in total. The molecule has 1 aliphatic carbocycles. The molecule has 2 heterocycles. The van der Waals surface area contributed by atoms with Gasteiger partial charge in [-0.1, -0.05) is 6.07 Å². The standard InChI is InChI=1S/C20H29N3O3S/c21-18-8-10-22(11-9-18)20(24)16-6-12-23(13-7-16)27(25,26)19-5-4-15-2-1-3-17(15)14-19/h4-5,14,16,18H,1-3,6-13,21H2. The number of amides is 1. The van der Waals surface area contributed by atoms with Gasteiger partial charge in [0.2, 0.25) is 15.9 Å². The van der Waals surface area contributed by atoms with Gasteiger partial charge in [0.25, 0.3) is 0 Å². The molecule has 148 valence electrons. The second-order valence-corrected chi connectivity index (χ2v) is 10.1. The first-order chi connectivity index (χ1) is 12.9. The Balaban J connectivity index is 1.39. The largest absolute Gasteiger partial charge is 0.342 e. The Kier molecular flexibility index (Phi) is 5.27. The maximum atomic E-state index is 13.0. The summed E-state index contributed by atoms with van der Waals surface area (Å²) in [5.74, 6) is 0.113. The van der Waals surface area contributed by atoms with Crippen molar-refractivity contribution < 1.29 is 13.2 Å². The van der Waals surface area contributed by atoms with Crippen LogP contribution in [0.5, 0.6) is 0 Å². The number of nitrogens with zero attached hydrogens (tertiary/aromatic N) is 2. The quantitative estimate of drug-likeness (QED) is 0.847. The van der Waals surface area contributed by atoms with Gasteiger partial charge in [0.15, 0.2) is 0 Å². The molecule has 1 aromatic carbocycles. The zero-order valence-electron chi connectivity index (χ0n) is 15.8. The molecule has 0 bridgehead atoms. The third kappa shape index (κ3) is 3.77. The minimum Gasteiger partial charge on any atom is -0.342 e. The summed E-state index contributed by atoms with van der Waals surface area (Å²) in [6.45, 7) is 2.30. The first-order valence-corrected chi connectivity index (χ1v) is 11.6. The highest BCUT2D eigenvalue weighted by Crippen LogP contribution is 2.29. The Morgan fingerprint density at radius 2 is 1.63 bits per heavy atom. The summed E-state index contributed by atoms with van der Waals surface area (Å²) in [5.41, 5.74) is 8.37. The molecule has 2 aliphatic heterocycles. The molecule has 27 heavy (non-hydrogen) atoms. The lowest BCUT2D eigenvalue weighted by Gasteiger charge is -2.36. The summed E-state index contributed by atoms with van der Waals surface area (Å²) >= 11 is 0. The van der Waals surface area contributed by atoms with Crippen molar-refractivity contribution in [1.29, 1.82) is 0 Å². The highest BCUT2D eigenvalue weighted by molar-refractivity contribution is 7.89. The molecule has 0 unspecified atom stereocenters. The van der Waals surface area contributed by atoms with Crippen molar-refractivity contribution in [2.45, 2.75) is 55.9 Å². The van der Waals surface area contributed by atoms with E-state index in [2.05, 4.69) is 0 Å². The molecule has 4 rings (SSSR count). The maximum absolute atomic E-state index is 13.0. The predicted molar refractivity (Wildman–Crippen MR) is 104 cm³/mol. The first kappa shape index (κ1) is 18.9. The number of carbonyl (C=O) groups is 1. The molecule has 0 saturated carbocycles. The fourth-order valence-corrected chi connectivity index (χ4v) is 6.10. The molecule has 0 aromatic heterocycles. The smallest absolute Gasteiger partial charge is 0.243 e. The second-order valence-electron chi connectivity index (χ2n) is 8.13. The van der Waals surface area contributed by atoms with Gasteiger partial charge in [-0.05, 0) is 68.2 Å². The van der Waals surface area contributed by atoms with Crippen molar-refractivity contribution in [1.82, 2.24) is 9.21 Å². The van der Waals surface area contributed by atoms with Crippen LogP contribution >= 0.6 is 0 Å². The summed E-state index contributed by atoms with van der Waals surface area (Å²) in [6, 6.07) is 5.76. The number of carbonyl (C=O) groups excluding carboxylic acids is 1. The number of benzene rings is 1. The van der Waals surface area contributed by atoms with Crippen LogP contribution in [0.25, 0.3) is 0 Å². The normalized spacial score (nSPS) is 22.8. The van der Waals surface area contributed by atoms with E-state index in [0.717, 1.165) is 45.2 Å². The maximum Gasteiger partial charge on any atom is 0.243 e. The summed E-state index contributed by atoms with van der Waals surface area (Å²) < 4.78 is 27.6. The van der Waals surface area contributed by atoms with Crippen LogP contribution in [-0.4, -0.2) is 55.8 Å². The van der Waals surface area contributed by atoms with Crippen molar-refractivity contribution >= 4 is 15.9 Å². The van der Waals surface area contributed by atoms with Gasteiger partial charge in [0.05, 0.1) is 4.90 Å². The summed E-state index contributed by atoms with van der Waals surface area (Å²) in [6.07, 6.45) is 6.04. The molecule has 1 amide bonds. The Labute approximate surface area is 161 Å². The van der Waals surface area contributed by atoms with Crippen LogP contribution in [0.4, 0.5) is 0 Å². The highest BCUT2D eigenvalue weighted by Gasteiger charge is 2.34. The Morgan fingerprint density at radius 1 is 0.963 bits per heavy atom. The van der Waals surface area contributed by atoms with Crippen LogP contribution in [0.3, 0.4) is 0 Å². The van der Waals surface area contributed by atoms with E-state index in [9.17, 15) is 13.2 Å². The van der Waals surface area contributed by atoms with Gasteiger partial charge in [0.1, 0.15) is 0 Å². The predicted octanol–water partition coefficient (Wildman–Crippen LogP) is 1.53. The van der Waals surface area contributed by atoms with Crippen molar-refractivity contribution in [2.24, 2.45) is 11.7 Å². The Bertz CT molecular complexity index is 808. The molecule has 0 atom stereocenters. The molecule has 6 nitrogen and oxygen atoms in total. The number of likely N-dealkylation sites (tertiary alicyclic amines) is 1. The minimum atomic E-state index is -3.47. The molecule has 3 aliphatic rings. The van der Waals surface area contributed by atoms with Crippen LogP contribution in [0.15, 0.2) is 23.1 Å². The van der Waals surface area contributed by atoms with E-state index in [1.165, 1.54) is 11.1 Å². The van der Waals surface area contributed by atoms with Gasteiger partial charge in [-0.15, -0.1) is 0 Å². The third-order valence-corrected chi connectivity index (χ3v) is 8.26. The molecule has 2 fully saturated rings. The highest BCUT2D eigenvalue weighted by atomic mass is 32.2. The lowest BCUT2D eigenvalue weighted by molar-refractivity contribution is -0.137. The van der Waals surface area contributed by atoms with E-state index in [0.29, 0.717) is 30.8 Å². The van der Waals surface area contributed by atoms with Crippen LogP contribution < -0.4 is 5.73 Å². The van der Waals surface area contributed by atoms with E-state index in [4.69, 9.17) is 5.73 Å². The average Bonchev–Trinajstić information content (AvgIpc) is 3.16. The van der Waals surface area contributed by atoms with Crippen LogP contribution in [0.2, 0.25) is 0 Å². The second kappa shape index (κ2) is 7.53. The molecular weight excluding hydrogens is 362 g/mol. The van der Waals surface area contributed by atoms with Crippen molar-refractivity contribution in [3.8, 4) is 0 Å². The van der Waals surface area contributed by atoms with Gasteiger partial charge < -0.3 is 10.6 Å². The lowest BCUT2D eigenvalue weighted by Crippen LogP contribution is -2.48. The summed E-state index contributed by atoms with van der Waals surface area (Å²) in [4.78, 5) is 15.0. The fraction of sp³-hybridized carbons (Fsp3) is 0.650. The molecule has 1 aromatic rings. The lowest BCUT2D eigenvalue weighted by atomic mass is 9.95. The van der Waals surface area contributed by atoms with E-state index < -0.39 is 10.0 Å². The van der Waals surface area contributed by atoms with Crippen LogP contribution in [0.1, 0.15) is 43.2 Å². The third-order valence-electron chi connectivity index (χ3n) is 6.36. The Morgan fingerprint density at radius 3 is 2.33 bits per heavy atom. The van der Waals surface area contributed by atoms with Crippen LogP contribution in [-0.2, 0) is 27.7 Å². The number of piperidine rings is 2. The van der Waals surface area contributed by atoms with Gasteiger partial charge >= 0.3 is 0 Å². The molecule has 0 radical (unpaired) electrons. The number of aryl methyl sites for hydroxylation is 2. The van der Waals surface area contributed by atoms with Gasteiger partial charge in [0, 0.05) is 38.1 Å². The molecule has 0 spiro atoms. The van der Waals surface area contributed by atoms with Crippen molar-refractivity contribution in [2.75, 3.05) is 26.2 Å². The monoisotopic (exact) mass is 391 g/mol. The van der Waals surface area contributed by atoms with Crippen molar-refractivity contribution in [3.63, 3.8) is 0 Å². The number of rotatable bonds is 3. The SMILES string of the molecule is NC1CCN(C(=O)C2CCN(S(=O)(=O)c3ccc4c(c3)CCC4)CC2)CC1. The number of sulfonamides is 1. The van der Waals surface area contributed by atoms with E-state index in [-0.39, 0.29) is 17.9 Å². The zero-order chi connectivity index (χ0) is 19.0. The minimum absolute atomic E-state index is 0.0641. The zero-order valence-corrected chi connectivity index (χ0v) is 16.6. The van der Waals surface area contributed by atoms with E-state index in [1.54, 1.807) is 10.4 Å². The topological polar surface area (TPSA) is 83.7 Å². The van der Waals surface area contributed by atoms with E-state index >= 15 is 0 Å².